The maximum atomic E-state index is 11.0. The predicted molar refractivity (Wildman–Crippen MR) is 89.3 cm³/mol. The van der Waals surface area contributed by atoms with E-state index in [1.54, 1.807) is 12.1 Å². The Morgan fingerprint density at radius 2 is 2.32 bits per heavy atom. The van der Waals surface area contributed by atoms with E-state index in [-0.39, 0.29) is 23.9 Å². The van der Waals surface area contributed by atoms with Crippen LogP contribution in [-0.2, 0) is 0 Å². The van der Waals surface area contributed by atoms with Gasteiger partial charge in [0, 0.05) is 25.7 Å². The number of nitro groups is 1. The smallest absolute Gasteiger partial charge is 0.358 e. The van der Waals surface area contributed by atoms with Crippen LogP contribution in [-0.4, -0.2) is 45.3 Å². The van der Waals surface area contributed by atoms with Crippen LogP contribution in [0.15, 0.2) is 18.3 Å². The summed E-state index contributed by atoms with van der Waals surface area (Å²) in [5.41, 5.74) is 12.2. The summed E-state index contributed by atoms with van der Waals surface area (Å²) in [7, 11) is 1.87. The van der Waals surface area contributed by atoms with Crippen molar-refractivity contribution in [3.63, 3.8) is 0 Å². The van der Waals surface area contributed by atoms with Crippen molar-refractivity contribution in [3.8, 4) is 6.07 Å². The average Bonchev–Trinajstić information content (AvgIpc) is 3.17. The van der Waals surface area contributed by atoms with Gasteiger partial charge in [0.25, 0.3) is 0 Å². The molecule has 3 heterocycles. The number of hydrogen-bond acceptors (Lipinski definition) is 9. The Hall–Kier alpha value is -2.81. The molecule has 2 aromatic rings. The van der Waals surface area contributed by atoms with Gasteiger partial charge in [-0.2, -0.15) is 5.26 Å². The van der Waals surface area contributed by atoms with E-state index in [9.17, 15) is 10.1 Å². The molecule has 11 nitrogen and oxygen atoms in total. The lowest BCUT2D eigenvalue weighted by molar-refractivity contribution is -0.391. The standard InChI is InChI=1S/C14H19N9O2/c1-21(6-2-3-10-9(7-15)14(16)19-18-10)12-5-4-11-17-8-13(23(24)25)22(11)20-12/h4-5,8-10,14,18-19H,2-3,6,16H2,1H3. The third kappa shape index (κ3) is 3.36. The van der Waals surface area contributed by atoms with Crippen LogP contribution in [0.1, 0.15) is 12.8 Å². The number of nitrogens with zero attached hydrogens (tertiary/aromatic N) is 6. The lowest BCUT2D eigenvalue weighted by atomic mass is 9.97. The number of aromatic nitrogens is 3. The Morgan fingerprint density at radius 3 is 3.04 bits per heavy atom. The minimum Gasteiger partial charge on any atom is -0.358 e. The second-order valence-corrected chi connectivity index (χ2v) is 5.97. The Morgan fingerprint density at radius 1 is 1.52 bits per heavy atom. The summed E-state index contributed by atoms with van der Waals surface area (Å²) in [6, 6.07) is 5.68. The van der Waals surface area contributed by atoms with Crippen molar-refractivity contribution in [2.24, 2.45) is 11.7 Å². The van der Waals surface area contributed by atoms with Gasteiger partial charge >= 0.3 is 5.82 Å². The number of hydrogen-bond donors (Lipinski definition) is 3. The monoisotopic (exact) mass is 345 g/mol. The second-order valence-electron chi connectivity index (χ2n) is 5.97. The van der Waals surface area contributed by atoms with Gasteiger partial charge in [0.05, 0.1) is 18.2 Å². The van der Waals surface area contributed by atoms with E-state index in [0.29, 0.717) is 18.0 Å². The Balaban J connectivity index is 1.62. The molecule has 0 amide bonds. The van der Waals surface area contributed by atoms with Crippen molar-refractivity contribution >= 4 is 17.3 Å². The molecule has 3 unspecified atom stereocenters. The molecule has 1 aliphatic heterocycles. The van der Waals surface area contributed by atoms with E-state index in [0.717, 1.165) is 12.8 Å². The SMILES string of the molecule is CN(CCCC1NNC(N)C1C#N)c1ccc2ncc([N+](=O)[O-])n2n1. The van der Waals surface area contributed by atoms with Crippen LogP contribution in [0.3, 0.4) is 0 Å². The van der Waals surface area contributed by atoms with Crippen LogP contribution >= 0.6 is 0 Å². The van der Waals surface area contributed by atoms with Crippen LogP contribution in [0, 0.1) is 27.4 Å². The number of nitrogens with one attached hydrogen (secondary N) is 2. The van der Waals surface area contributed by atoms with Crippen molar-refractivity contribution < 1.29 is 4.92 Å². The number of anilines is 1. The summed E-state index contributed by atoms with van der Waals surface area (Å²) < 4.78 is 1.22. The predicted octanol–water partition coefficient (Wildman–Crippen LogP) is -0.245. The van der Waals surface area contributed by atoms with Gasteiger partial charge in [-0.05, 0) is 23.8 Å². The third-order valence-corrected chi connectivity index (χ3v) is 4.32. The number of imidazole rings is 1. The maximum Gasteiger partial charge on any atom is 0.368 e. The molecule has 11 heteroatoms. The van der Waals surface area contributed by atoms with Crippen molar-refractivity contribution in [2.45, 2.75) is 25.0 Å². The fraction of sp³-hybridized carbons (Fsp3) is 0.500. The first-order valence-electron chi connectivity index (χ1n) is 7.88. The van der Waals surface area contributed by atoms with Crippen LogP contribution in [0.5, 0.6) is 0 Å². The third-order valence-electron chi connectivity index (χ3n) is 4.32. The molecule has 0 radical (unpaired) electrons. The molecule has 1 aliphatic rings. The Labute approximate surface area is 143 Å². The number of nitrogens with two attached hydrogens (primary N) is 1. The largest absolute Gasteiger partial charge is 0.368 e. The number of rotatable bonds is 6. The number of hydrazine groups is 1. The summed E-state index contributed by atoms with van der Waals surface area (Å²) in [6.07, 6.45) is 2.41. The Kier molecular flexibility index (Phi) is 4.75. The van der Waals surface area contributed by atoms with Crippen molar-refractivity contribution in [3.05, 3.63) is 28.4 Å². The summed E-state index contributed by atoms with van der Waals surface area (Å²) >= 11 is 0. The highest BCUT2D eigenvalue weighted by Crippen LogP contribution is 2.18. The van der Waals surface area contributed by atoms with Crippen LogP contribution in [0.2, 0.25) is 0 Å². The normalized spacial score (nSPS) is 22.8. The first-order valence-corrected chi connectivity index (χ1v) is 7.88. The molecule has 3 atom stereocenters. The van der Waals surface area contributed by atoms with Gasteiger partial charge in [0.15, 0.2) is 5.82 Å². The van der Waals surface area contributed by atoms with E-state index in [1.807, 2.05) is 11.9 Å². The van der Waals surface area contributed by atoms with E-state index in [4.69, 9.17) is 11.0 Å². The molecular formula is C14H19N9O2. The van der Waals surface area contributed by atoms with Gasteiger partial charge in [-0.15, -0.1) is 0 Å². The zero-order valence-corrected chi connectivity index (χ0v) is 13.7. The van der Waals surface area contributed by atoms with Gasteiger partial charge in [-0.1, -0.05) is 9.61 Å². The molecule has 2 aromatic heterocycles. The topological polar surface area (TPSA) is 150 Å². The summed E-state index contributed by atoms with van der Waals surface area (Å²) in [6.45, 7) is 0.687. The Bertz CT molecular complexity index is 814. The number of nitriles is 1. The first kappa shape index (κ1) is 17.0. The minimum atomic E-state index is -0.513. The molecule has 132 valence electrons. The molecule has 0 aromatic carbocycles. The van der Waals surface area contributed by atoms with E-state index in [1.165, 1.54) is 10.7 Å². The minimum absolute atomic E-state index is 0.00132. The summed E-state index contributed by atoms with van der Waals surface area (Å²) in [4.78, 5) is 16.4. The van der Waals surface area contributed by atoms with Crippen LogP contribution < -0.4 is 21.5 Å². The van der Waals surface area contributed by atoms with Crippen molar-refractivity contribution in [1.82, 2.24) is 25.4 Å². The van der Waals surface area contributed by atoms with Gasteiger partial charge in [-0.3, -0.25) is 5.43 Å². The highest BCUT2D eigenvalue weighted by Gasteiger charge is 2.33. The molecule has 4 N–H and O–H groups in total. The number of fused-ring (bicyclic) bond motifs is 1. The highest BCUT2D eigenvalue weighted by atomic mass is 16.6. The molecule has 0 saturated carbocycles. The average molecular weight is 345 g/mol. The molecule has 0 aliphatic carbocycles. The van der Waals surface area contributed by atoms with Crippen LogP contribution in [0.4, 0.5) is 11.6 Å². The lowest BCUT2D eigenvalue weighted by Gasteiger charge is -2.19. The van der Waals surface area contributed by atoms with E-state index in [2.05, 4.69) is 27.0 Å². The zero-order chi connectivity index (χ0) is 18.0. The van der Waals surface area contributed by atoms with E-state index >= 15 is 0 Å². The van der Waals surface area contributed by atoms with Crippen LogP contribution in [0.25, 0.3) is 5.65 Å². The second kappa shape index (κ2) is 6.98. The maximum absolute atomic E-state index is 11.0. The fourth-order valence-corrected chi connectivity index (χ4v) is 2.90. The van der Waals surface area contributed by atoms with Crippen molar-refractivity contribution in [2.75, 3.05) is 18.5 Å². The van der Waals surface area contributed by atoms with Crippen molar-refractivity contribution in [1.29, 1.82) is 5.26 Å². The summed E-state index contributed by atoms with van der Waals surface area (Å²) in [5, 5.41) is 24.4. The van der Waals surface area contributed by atoms with Gasteiger partial charge in [0.2, 0.25) is 5.65 Å². The molecular weight excluding hydrogens is 326 g/mol. The molecule has 0 bridgehead atoms. The van der Waals surface area contributed by atoms with Gasteiger partial charge in [-0.25, -0.2) is 10.4 Å². The zero-order valence-electron chi connectivity index (χ0n) is 13.7. The summed E-state index contributed by atoms with van der Waals surface area (Å²) in [5.74, 6) is 0.172. The molecule has 0 spiro atoms. The molecule has 25 heavy (non-hydrogen) atoms. The lowest BCUT2D eigenvalue weighted by Crippen LogP contribution is -2.38. The fourth-order valence-electron chi connectivity index (χ4n) is 2.90. The quantitative estimate of drug-likeness (QED) is 0.475. The molecule has 1 saturated heterocycles. The van der Waals surface area contributed by atoms with Gasteiger partial charge in [0.1, 0.15) is 6.20 Å². The highest BCUT2D eigenvalue weighted by molar-refractivity contribution is 5.48. The molecule has 1 fully saturated rings. The first-order chi connectivity index (χ1) is 12.0. The van der Waals surface area contributed by atoms with E-state index < -0.39 is 4.92 Å². The van der Waals surface area contributed by atoms with Gasteiger partial charge < -0.3 is 20.7 Å². The molecule has 3 rings (SSSR count).